The van der Waals surface area contributed by atoms with Gasteiger partial charge in [-0.3, -0.25) is 5.32 Å². The average Bonchev–Trinajstić information content (AvgIpc) is 3.18. The molecule has 0 spiro atoms. The summed E-state index contributed by atoms with van der Waals surface area (Å²) in [5.41, 5.74) is 5.98. The number of aromatic amines is 1. The summed E-state index contributed by atoms with van der Waals surface area (Å²) >= 11 is 0. The molecule has 1 aromatic carbocycles. The van der Waals surface area contributed by atoms with Gasteiger partial charge in [0.1, 0.15) is 12.0 Å². The summed E-state index contributed by atoms with van der Waals surface area (Å²) in [4.78, 5) is 7.92. The van der Waals surface area contributed by atoms with Gasteiger partial charge in [-0.1, -0.05) is 30.3 Å². The van der Waals surface area contributed by atoms with Gasteiger partial charge in [-0.2, -0.15) is 0 Å². The first-order chi connectivity index (χ1) is 12.0. The van der Waals surface area contributed by atoms with Crippen LogP contribution in [0.1, 0.15) is 22.9 Å². The summed E-state index contributed by atoms with van der Waals surface area (Å²) in [6.45, 7) is 1.77. The number of allylic oxidation sites excluding steroid dienone is 3. The van der Waals surface area contributed by atoms with Crippen molar-refractivity contribution in [2.45, 2.75) is 12.5 Å². The van der Waals surface area contributed by atoms with Gasteiger partial charge in [0.25, 0.3) is 0 Å². The van der Waals surface area contributed by atoms with Crippen LogP contribution in [0.2, 0.25) is 0 Å². The molecule has 25 heavy (non-hydrogen) atoms. The second-order valence-corrected chi connectivity index (χ2v) is 7.11. The van der Waals surface area contributed by atoms with Gasteiger partial charge < -0.3 is 14.8 Å². The molecule has 130 valence electrons. The van der Waals surface area contributed by atoms with E-state index >= 15 is 0 Å². The minimum atomic E-state index is 0.157. The lowest BCUT2D eigenvalue weighted by Gasteiger charge is -2.15. The molecule has 3 rings (SSSR count). The Hall–Kier alpha value is -2.39. The molecule has 0 radical (unpaired) electrons. The Balaban J connectivity index is 1.86. The van der Waals surface area contributed by atoms with Crippen molar-refractivity contribution < 1.29 is 0 Å². The van der Waals surface area contributed by atoms with Gasteiger partial charge in [-0.05, 0) is 45.9 Å². The van der Waals surface area contributed by atoms with Crippen molar-refractivity contribution in [3.8, 4) is 0 Å². The van der Waals surface area contributed by atoms with Crippen LogP contribution in [-0.2, 0) is 6.54 Å². The fraction of sp³-hybridized carbons (Fsp3) is 0.333. The third-order valence-corrected chi connectivity index (χ3v) is 4.18. The van der Waals surface area contributed by atoms with E-state index in [0.717, 1.165) is 18.8 Å². The van der Waals surface area contributed by atoms with E-state index in [0.29, 0.717) is 0 Å². The van der Waals surface area contributed by atoms with Gasteiger partial charge in [-0.25, -0.2) is 0 Å². The molecule has 2 N–H and O–H groups in total. The van der Waals surface area contributed by atoms with E-state index in [-0.39, 0.29) is 5.92 Å². The summed E-state index contributed by atoms with van der Waals surface area (Å²) in [6.07, 6.45) is 5.46. The maximum atomic E-state index is 3.61. The Kier molecular flexibility index (Phi) is 5.34. The van der Waals surface area contributed by atoms with Gasteiger partial charge in [0.05, 0.1) is 6.54 Å². The van der Waals surface area contributed by atoms with E-state index in [9.17, 15) is 0 Å². The maximum absolute atomic E-state index is 3.61. The Morgan fingerprint density at radius 1 is 0.920 bits per heavy atom. The highest BCUT2D eigenvalue weighted by Crippen LogP contribution is 2.32. The van der Waals surface area contributed by atoms with Crippen LogP contribution in [0, 0.1) is 6.08 Å². The minimum absolute atomic E-state index is 0.157. The SMILES string of the molecule is CN(C)CC1=[C+]C=C(C(c2ccccc2)c2ccc(CN(C)C)[nH]2)N1. The summed E-state index contributed by atoms with van der Waals surface area (Å²) in [7, 11) is 8.31. The maximum Gasteiger partial charge on any atom is 0.194 e. The van der Waals surface area contributed by atoms with Gasteiger partial charge >= 0.3 is 0 Å². The Bertz CT molecular complexity index is 753. The third kappa shape index (κ3) is 4.37. The molecule has 0 fully saturated rings. The van der Waals surface area contributed by atoms with E-state index in [4.69, 9.17) is 0 Å². The summed E-state index contributed by atoms with van der Waals surface area (Å²) in [5, 5.41) is 3.56. The Labute approximate surface area is 150 Å². The smallest absolute Gasteiger partial charge is 0.194 e. The largest absolute Gasteiger partial charge is 0.359 e. The van der Waals surface area contributed by atoms with Gasteiger partial charge in [-0.15, -0.1) is 0 Å². The third-order valence-electron chi connectivity index (χ3n) is 4.18. The topological polar surface area (TPSA) is 34.3 Å². The lowest BCUT2D eigenvalue weighted by Crippen LogP contribution is -2.24. The van der Waals surface area contributed by atoms with Crippen LogP contribution in [0.4, 0.5) is 0 Å². The Morgan fingerprint density at radius 2 is 1.64 bits per heavy atom. The van der Waals surface area contributed by atoms with Crippen LogP contribution in [0.15, 0.2) is 59.9 Å². The monoisotopic (exact) mass is 335 g/mol. The summed E-state index contributed by atoms with van der Waals surface area (Å²) in [5.74, 6) is 0.157. The average molecular weight is 335 g/mol. The molecule has 0 saturated carbocycles. The lowest BCUT2D eigenvalue weighted by atomic mass is 9.92. The lowest BCUT2D eigenvalue weighted by molar-refractivity contribution is 0.397. The van der Waals surface area contributed by atoms with Gasteiger partial charge in [0.15, 0.2) is 17.5 Å². The zero-order valence-electron chi connectivity index (χ0n) is 15.5. The first-order valence-corrected chi connectivity index (χ1v) is 8.64. The molecule has 0 aliphatic carbocycles. The van der Waals surface area contributed by atoms with Crippen molar-refractivity contribution in [3.05, 3.63) is 83.0 Å². The molecule has 0 saturated heterocycles. The number of benzene rings is 1. The molecule has 1 atom stereocenters. The zero-order valence-corrected chi connectivity index (χ0v) is 15.5. The van der Waals surface area contributed by atoms with E-state index < -0.39 is 0 Å². The van der Waals surface area contributed by atoms with Gasteiger partial charge in [0.2, 0.25) is 0 Å². The molecule has 2 heterocycles. The second kappa shape index (κ2) is 7.66. The van der Waals surface area contributed by atoms with E-state index in [1.54, 1.807) is 0 Å². The molecule has 4 heteroatoms. The molecule has 2 aromatic rings. The van der Waals surface area contributed by atoms with Crippen molar-refractivity contribution in [3.63, 3.8) is 0 Å². The molecule has 1 aliphatic heterocycles. The van der Waals surface area contributed by atoms with Crippen LogP contribution >= 0.6 is 0 Å². The molecular weight excluding hydrogens is 308 g/mol. The fourth-order valence-electron chi connectivity index (χ4n) is 3.20. The highest BCUT2D eigenvalue weighted by Gasteiger charge is 2.31. The van der Waals surface area contributed by atoms with Crippen molar-refractivity contribution in [1.82, 2.24) is 20.1 Å². The van der Waals surface area contributed by atoms with Crippen molar-refractivity contribution >= 4 is 0 Å². The van der Waals surface area contributed by atoms with Crippen LogP contribution in [0.25, 0.3) is 0 Å². The van der Waals surface area contributed by atoms with Crippen molar-refractivity contribution in [2.75, 3.05) is 34.7 Å². The molecule has 4 nitrogen and oxygen atoms in total. The summed E-state index contributed by atoms with van der Waals surface area (Å²) < 4.78 is 0. The summed E-state index contributed by atoms with van der Waals surface area (Å²) in [6, 6.07) is 15.0. The van der Waals surface area contributed by atoms with Gasteiger partial charge in [0, 0.05) is 17.9 Å². The van der Waals surface area contributed by atoms with E-state index in [1.165, 1.54) is 22.6 Å². The Morgan fingerprint density at radius 3 is 2.32 bits per heavy atom. The van der Waals surface area contributed by atoms with Crippen LogP contribution in [0.3, 0.4) is 0 Å². The molecule has 0 amide bonds. The van der Waals surface area contributed by atoms with Crippen LogP contribution < -0.4 is 5.32 Å². The second-order valence-electron chi connectivity index (χ2n) is 7.11. The number of aromatic nitrogens is 1. The zero-order chi connectivity index (χ0) is 17.8. The highest BCUT2D eigenvalue weighted by molar-refractivity contribution is 5.42. The van der Waals surface area contributed by atoms with Crippen molar-refractivity contribution in [2.24, 2.45) is 0 Å². The van der Waals surface area contributed by atoms with Crippen molar-refractivity contribution in [1.29, 1.82) is 0 Å². The first kappa shape index (κ1) is 17.4. The van der Waals surface area contributed by atoms with Crippen LogP contribution in [0.5, 0.6) is 0 Å². The predicted molar refractivity (Wildman–Crippen MR) is 103 cm³/mol. The normalized spacial score (nSPS) is 15.0. The quantitative estimate of drug-likeness (QED) is 0.764. The number of hydrogen-bond donors (Lipinski definition) is 2. The van der Waals surface area contributed by atoms with E-state index in [1.807, 2.05) is 0 Å². The molecule has 1 unspecified atom stereocenters. The number of likely N-dealkylation sites (N-methyl/N-ethyl adjacent to an activating group) is 1. The molecule has 1 aromatic heterocycles. The number of H-pyrrole nitrogens is 1. The molecule has 1 aliphatic rings. The first-order valence-electron chi connectivity index (χ1n) is 8.64. The highest BCUT2D eigenvalue weighted by atomic mass is 15.1. The predicted octanol–water partition coefficient (Wildman–Crippen LogP) is 2.94. The standard InChI is InChI=1S/C21H27N4/c1-24(2)14-17-10-12-19(22-17)21(16-8-6-5-7-9-16)20-13-11-18(23-20)15-25(3)4/h5-10,12-13,21-23H,14-15H2,1-4H3/q+1. The van der Waals surface area contributed by atoms with Crippen LogP contribution in [-0.4, -0.2) is 49.5 Å². The van der Waals surface area contributed by atoms with E-state index in [2.05, 4.69) is 103 Å². The number of nitrogens with zero attached hydrogens (tertiary/aromatic N) is 2. The number of rotatable bonds is 7. The number of nitrogens with one attached hydrogen (secondary N) is 2. The molecular formula is C21H27N4+. The molecule has 0 bridgehead atoms. The number of hydrogen-bond acceptors (Lipinski definition) is 3. The fourth-order valence-corrected chi connectivity index (χ4v) is 3.20. The minimum Gasteiger partial charge on any atom is -0.359 e.